The molecule has 8 heteroatoms. The normalized spacial score (nSPS) is 14.4. The third-order valence-electron chi connectivity index (χ3n) is 4.41. The lowest BCUT2D eigenvalue weighted by atomic mass is 10.2. The van der Waals surface area contributed by atoms with Crippen LogP contribution in [0.3, 0.4) is 0 Å². The van der Waals surface area contributed by atoms with Gasteiger partial charge in [0.2, 0.25) is 5.91 Å². The first-order chi connectivity index (χ1) is 13.6. The molecule has 1 amide bonds. The zero-order valence-corrected chi connectivity index (χ0v) is 17.8. The Morgan fingerprint density at radius 1 is 1.32 bits per heavy atom. The maximum atomic E-state index is 11.6. The van der Waals surface area contributed by atoms with Crippen LogP contribution in [0.1, 0.15) is 38.7 Å². The van der Waals surface area contributed by atoms with Gasteiger partial charge in [-0.15, -0.1) is 0 Å². The van der Waals surface area contributed by atoms with E-state index in [1.807, 2.05) is 30.9 Å². The number of likely N-dealkylation sites (tertiary alicyclic amines) is 1. The molecule has 1 fully saturated rings. The third kappa shape index (κ3) is 6.48. The lowest BCUT2D eigenvalue weighted by Crippen LogP contribution is -2.39. The number of ether oxygens (including phenoxy) is 2. The van der Waals surface area contributed by atoms with Crippen LogP contribution in [-0.4, -0.2) is 56.7 Å². The van der Waals surface area contributed by atoms with Crippen molar-refractivity contribution in [2.45, 2.75) is 39.7 Å². The van der Waals surface area contributed by atoms with E-state index in [2.05, 4.69) is 15.6 Å². The molecule has 2 N–H and O–H groups in total. The average molecular weight is 411 g/mol. The first kappa shape index (κ1) is 22.1. The molecule has 1 heterocycles. The van der Waals surface area contributed by atoms with Gasteiger partial charge in [0, 0.05) is 32.6 Å². The van der Waals surface area contributed by atoms with Crippen LogP contribution in [0.2, 0.25) is 5.02 Å². The van der Waals surface area contributed by atoms with E-state index < -0.39 is 0 Å². The molecule has 1 aromatic rings. The van der Waals surface area contributed by atoms with Gasteiger partial charge in [-0.3, -0.25) is 4.79 Å². The van der Waals surface area contributed by atoms with Gasteiger partial charge in [0.05, 0.1) is 25.3 Å². The summed E-state index contributed by atoms with van der Waals surface area (Å²) in [5.41, 5.74) is 0.935. The molecular formula is C20H31ClN4O3. The highest BCUT2D eigenvalue weighted by Crippen LogP contribution is 2.36. The number of hydrogen-bond acceptors (Lipinski definition) is 4. The molecule has 1 aliphatic heterocycles. The molecule has 0 bridgehead atoms. The number of nitrogens with one attached hydrogen (secondary N) is 2. The van der Waals surface area contributed by atoms with E-state index in [4.69, 9.17) is 21.1 Å². The highest BCUT2D eigenvalue weighted by Gasteiger charge is 2.19. The smallest absolute Gasteiger partial charge is 0.222 e. The Bertz CT molecular complexity index is 682. The number of rotatable bonds is 10. The Kier molecular flexibility index (Phi) is 9.20. The Morgan fingerprint density at radius 2 is 2.14 bits per heavy atom. The molecule has 1 aromatic carbocycles. The van der Waals surface area contributed by atoms with Crippen molar-refractivity contribution in [3.8, 4) is 11.5 Å². The van der Waals surface area contributed by atoms with Crippen LogP contribution in [0.4, 0.5) is 0 Å². The number of hydrogen-bond donors (Lipinski definition) is 2. The molecule has 2 rings (SSSR count). The third-order valence-corrected chi connectivity index (χ3v) is 4.69. The second kappa shape index (κ2) is 11.6. The van der Waals surface area contributed by atoms with Crippen molar-refractivity contribution < 1.29 is 14.3 Å². The summed E-state index contributed by atoms with van der Waals surface area (Å²) in [7, 11) is 1.60. The van der Waals surface area contributed by atoms with Gasteiger partial charge in [0.1, 0.15) is 0 Å². The summed E-state index contributed by atoms with van der Waals surface area (Å²) in [6, 6.07) is 3.74. The number of carbonyl (C=O) groups is 1. The number of guanidine groups is 1. The summed E-state index contributed by atoms with van der Waals surface area (Å²) in [6.07, 6.45) is 2.55. The topological polar surface area (TPSA) is 75.2 Å². The largest absolute Gasteiger partial charge is 0.493 e. The Balaban J connectivity index is 1.92. The molecule has 1 aliphatic rings. The van der Waals surface area contributed by atoms with Crippen LogP contribution < -0.4 is 20.1 Å². The van der Waals surface area contributed by atoms with Crippen LogP contribution in [0, 0.1) is 0 Å². The quantitative estimate of drug-likeness (QED) is 0.352. The fourth-order valence-electron chi connectivity index (χ4n) is 3.08. The SMILES string of the molecule is CCNC(=NCc1cc(Cl)c(OCC)c(OC)c1)NCCCN1CCCC1=O. The lowest BCUT2D eigenvalue weighted by molar-refractivity contribution is -0.127. The molecule has 0 spiro atoms. The van der Waals surface area contributed by atoms with E-state index in [9.17, 15) is 4.79 Å². The number of halogens is 1. The Labute approximate surface area is 172 Å². The molecule has 28 heavy (non-hydrogen) atoms. The van der Waals surface area contributed by atoms with Gasteiger partial charge in [-0.1, -0.05) is 11.6 Å². The van der Waals surface area contributed by atoms with E-state index in [0.29, 0.717) is 36.1 Å². The summed E-state index contributed by atoms with van der Waals surface area (Å²) in [6.45, 7) is 8.10. The van der Waals surface area contributed by atoms with Crippen molar-refractivity contribution >= 4 is 23.5 Å². The van der Waals surface area contributed by atoms with E-state index in [1.54, 1.807) is 7.11 Å². The summed E-state index contributed by atoms with van der Waals surface area (Å²) >= 11 is 6.33. The molecule has 0 aromatic heterocycles. The minimum absolute atomic E-state index is 0.266. The van der Waals surface area contributed by atoms with Gasteiger partial charge in [0.15, 0.2) is 17.5 Å². The van der Waals surface area contributed by atoms with Crippen molar-refractivity contribution in [1.82, 2.24) is 15.5 Å². The fourth-order valence-corrected chi connectivity index (χ4v) is 3.37. The first-order valence-electron chi connectivity index (χ1n) is 9.88. The Hall–Kier alpha value is -2.15. The second-order valence-corrected chi connectivity index (χ2v) is 6.91. The van der Waals surface area contributed by atoms with Gasteiger partial charge in [-0.25, -0.2) is 4.99 Å². The summed E-state index contributed by atoms with van der Waals surface area (Å²) in [5.74, 6) is 2.16. The molecule has 0 radical (unpaired) electrons. The lowest BCUT2D eigenvalue weighted by Gasteiger charge is -2.16. The van der Waals surface area contributed by atoms with E-state index in [-0.39, 0.29) is 5.91 Å². The van der Waals surface area contributed by atoms with Crippen molar-refractivity contribution in [3.05, 3.63) is 22.7 Å². The van der Waals surface area contributed by atoms with E-state index in [1.165, 1.54) is 0 Å². The standard InChI is InChI=1S/C20H31ClN4O3/c1-4-22-20(23-9-7-11-25-10-6-8-18(25)26)24-14-15-12-16(21)19(28-5-2)17(13-15)27-3/h12-13H,4-11,14H2,1-3H3,(H2,22,23,24). The van der Waals surface area contributed by atoms with Crippen LogP contribution in [0.25, 0.3) is 0 Å². The van der Waals surface area contributed by atoms with Crippen LogP contribution in [0.15, 0.2) is 17.1 Å². The molecule has 1 saturated heterocycles. The minimum Gasteiger partial charge on any atom is -0.493 e. The van der Waals surface area contributed by atoms with Crippen molar-refractivity contribution in [2.24, 2.45) is 4.99 Å². The monoisotopic (exact) mass is 410 g/mol. The van der Waals surface area contributed by atoms with Crippen molar-refractivity contribution in [1.29, 1.82) is 0 Å². The van der Waals surface area contributed by atoms with Gasteiger partial charge in [0.25, 0.3) is 0 Å². The van der Waals surface area contributed by atoms with Crippen LogP contribution in [-0.2, 0) is 11.3 Å². The average Bonchev–Trinajstić information content (AvgIpc) is 3.09. The summed E-state index contributed by atoms with van der Waals surface area (Å²) in [4.78, 5) is 18.2. The molecule has 0 unspecified atom stereocenters. The predicted molar refractivity (Wildman–Crippen MR) is 112 cm³/mol. The second-order valence-electron chi connectivity index (χ2n) is 6.50. The molecule has 0 aliphatic carbocycles. The van der Waals surface area contributed by atoms with Crippen molar-refractivity contribution in [3.63, 3.8) is 0 Å². The van der Waals surface area contributed by atoms with Gasteiger partial charge in [-0.05, 0) is 44.4 Å². The Morgan fingerprint density at radius 3 is 2.79 bits per heavy atom. The summed E-state index contributed by atoms with van der Waals surface area (Å²) < 4.78 is 10.9. The highest BCUT2D eigenvalue weighted by molar-refractivity contribution is 6.32. The first-order valence-corrected chi connectivity index (χ1v) is 10.3. The maximum Gasteiger partial charge on any atom is 0.222 e. The highest BCUT2D eigenvalue weighted by atomic mass is 35.5. The van der Waals surface area contributed by atoms with Crippen molar-refractivity contribution in [2.75, 3.05) is 39.9 Å². The van der Waals surface area contributed by atoms with E-state index >= 15 is 0 Å². The number of nitrogens with zero attached hydrogens (tertiary/aromatic N) is 2. The number of aliphatic imine (C=N–C) groups is 1. The summed E-state index contributed by atoms with van der Waals surface area (Å²) in [5, 5.41) is 7.06. The fraction of sp³-hybridized carbons (Fsp3) is 0.600. The maximum absolute atomic E-state index is 11.6. The molecule has 156 valence electrons. The van der Waals surface area contributed by atoms with E-state index in [0.717, 1.165) is 50.5 Å². The minimum atomic E-state index is 0.266. The number of carbonyl (C=O) groups excluding carboxylic acids is 1. The molecule has 7 nitrogen and oxygen atoms in total. The number of amides is 1. The van der Waals surface area contributed by atoms with Gasteiger partial charge in [-0.2, -0.15) is 0 Å². The molecule has 0 saturated carbocycles. The van der Waals surface area contributed by atoms with Crippen LogP contribution in [0.5, 0.6) is 11.5 Å². The molecule has 0 atom stereocenters. The van der Waals surface area contributed by atoms with Gasteiger partial charge >= 0.3 is 0 Å². The van der Waals surface area contributed by atoms with Crippen LogP contribution >= 0.6 is 11.6 Å². The number of benzene rings is 1. The zero-order chi connectivity index (χ0) is 20.4. The number of methoxy groups -OCH3 is 1. The molecular weight excluding hydrogens is 380 g/mol. The predicted octanol–water partition coefficient (Wildman–Crippen LogP) is 2.81. The zero-order valence-electron chi connectivity index (χ0n) is 17.0. The van der Waals surface area contributed by atoms with Gasteiger partial charge < -0.3 is 25.0 Å².